The molecule has 0 amide bonds. The molecule has 0 bridgehead atoms. The van der Waals surface area contributed by atoms with Crippen LogP contribution in [0.2, 0.25) is 0 Å². The van der Waals surface area contributed by atoms with Gasteiger partial charge < -0.3 is 20.9 Å². The fourth-order valence-electron chi connectivity index (χ4n) is 0.200. The molecule has 10 heavy (non-hydrogen) atoms. The Labute approximate surface area is 55.9 Å². The van der Waals surface area contributed by atoms with Gasteiger partial charge in [-0.05, 0) is 0 Å². The lowest BCUT2D eigenvalue weighted by atomic mass is 11.1. The number of carbonyl (C=O) groups excluding carboxylic acids is 1. The zero-order valence-electron chi connectivity index (χ0n) is 4.88. The van der Waals surface area contributed by atoms with Gasteiger partial charge in [0, 0.05) is 0 Å². The van der Waals surface area contributed by atoms with Crippen LogP contribution < -0.4 is 11.5 Å². The molecule has 0 radical (unpaired) electrons. The summed E-state index contributed by atoms with van der Waals surface area (Å²) in [7, 11) is 0. The van der Waals surface area contributed by atoms with E-state index in [9.17, 15) is 4.79 Å². The van der Waals surface area contributed by atoms with Crippen molar-refractivity contribution in [2.24, 2.45) is 11.5 Å². The van der Waals surface area contributed by atoms with Crippen molar-refractivity contribution in [1.82, 2.24) is 0 Å². The van der Waals surface area contributed by atoms with E-state index in [4.69, 9.17) is 10.8 Å². The summed E-state index contributed by atoms with van der Waals surface area (Å²) in [6, 6.07) is -1.63. The second kappa shape index (κ2) is 3.28. The molecule has 0 heterocycles. The second-order valence-corrected chi connectivity index (χ2v) is 1.18. The first kappa shape index (κ1) is 8.21. The van der Waals surface area contributed by atoms with Crippen molar-refractivity contribution in [3.8, 4) is 0 Å². The normalized spacial score (nSPS) is 8.00. The van der Waals surface area contributed by atoms with Crippen LogP contribution in [0.15, 0.2) is 0 Å². The van der Waals surface area contributed by atoms with Crippen LogP contribution in [0.4, 0.5) is 4.79 Å². The number of nitrogens with two attached hydrogens (primary N) is 2. The lowest BCUT2D eigenvalue weighted by molar-refractivity contribution is 0.142. The van der Waals surface area contributed by atoms with Crippen LogP contribution in [-0.2, 0) is 9.47 Å². The Balaban J connectivity index is 3.65. The highest BCUT2D eigenvalue weighted by Crippen LogP contribution is 1.81. The molecule has 0 saturated heterocycles. The van der Waals surface area contributed by atoms with Gasteiger partial charge in [-0.2, -0.15) is 0 Å². The molecular weight excluding hydrogens is 140 g/mol. The molecule has 7 heteroatoms. The molecule has 0 spiro atoms. The van der Waals surface area contributed by atoms with Crippen molar-refractivity contribution in [3.63, 3.8) is 0 Å². The van der Waals surface area contributed by atoms with Crippen molar-refractivity contribution >= 4 is 18.2 Å². The average molecular weight is 146 g/mol. The molecule has 6 N–H and O–H groups in total. The van der Waals surface area contributed by atoms with E-state index in [-0.39, 0.29) is 0 Å². The number of hydrogen-bond acceptors (Lipinski definition) is 5. The quantitative estimate of drug-likeness (QED) is 0.196. The highest BCUT2D eigenvalue weighted by Gasteiger charge is 2.06. The smallest absolute Gasteiger partial charge is 0.361 e. The summed E-state index contributed by atoms with van der Waals surface area (Å²) >= 11 is 0. The molecule has 0 fully saturated rings. The van der Waals surface area contributed by atoms with Crippen LogP contribution in [0, 0.1) is 10.8 Å². The summed E-state index contributed by atoms with van der Waals surface area (Å²) in [4.78, 5) is 10.2. The van der Waals surface area contributed by atoms with Crippen molar-refractivity contribution in [1.29, 1.82) is 10.8 Å². The minimum Gasteiger partial charge on any atom is -0.361 e. The molecule has 7 nitrogen and oxygen atoms in total. The van der Waals surface area contributed by atoms with Gasteiger partial charge in [-0.15, -0.1) is 0 Å². The Morgan fingerprint density at radius 2 is 1.40 bits per heavy atom. The SMILES string of the molecule is N=C(N)OC(=O)OC(=N)N. The second-order valence-electron chi connectivity index (χ2n) is 1.18. The first-order valence-corrected chi connectivity index (χ1v) is 2.10. The molecule has 0 aromatic rings. The number of hydrogen-bond donors (Lipinski definition) is 4. The van der Waals surface area contributed by atoms with Gasteiger partial charge in [-0.25, -0.2) is 4.79 Å². The van der Waals surface area contributed by atoms with Crippen LogP contribution >= 0.6 is 0 Å². The van der Waals surface area contributed by atoms with E-state index in [0.717, 1.165) is 0 Å². The van der Waals surface area contributed by atoms with E-state index in [2.05, 4.69) is 20.9 Å². The summed E-state index contributed by atoms with van der Waals surface area (Å²) in [6.07, 6.45) is -1.29. The number of amidine groups is 2. The molecule has 0 atom stereocenters. The standard InChI is InChI=1S/C3H6N4O3/c4-1(5)9-3(8)10-2(6)7/h(H3,4,5)(H3,6,7). The maximum absolute atomic E-state index is 10.2. The maximum Gasteiger partial charge on any atom is 0.524 e. The molecule has 0 unspecified atom stereocenters. The van der Waals surface area contributed by atoms with E-state index in [0.29, 0.717) is 0 Å². The summed E-state index contributed by atoms with van der Waals surface area (Å²) in [6.45, 7) is 0. The average Bonchev–Trinajstić information content (AvgIpc) is 1.58. The molecule has 0 aliphatic carbocycles. The zero-order valence-corrected chi connectivity index (χ0v) is 4.88. The predicted molar refractivity (Wildman–Crippen MR) is 31.4 cm³/mol. The molecule has 56 valence electrons. The van der Waals surface area contributed by atoms with E-state index in [1.165, 1.54) is 0 Å². The van der Waals surface area contributed by atoms with Crippen molar-refractivity contribution in [2.45, 2.75) is 0 Å². The first-order chi connectivity index (χ1) is 4.52. The zero-order chi connectivity index (χ0) is 8.15. The minimum absolute atomic E-state index is 0.814. The first-order valence-electron chi connectivity index (χ1n) is 2.10. The van der Waals surface area contributed by atoms with E-state index in [1.54, 1.807) is 0 Å². The molecule has 0 rings (SSSR count). The fraction of sp³-hybridized carbons (Fsp3) is 0. The van der Waals surface area contributed by atoms with Crippen molar-refractivity contribution in [2.75, 3.05) is 0 Å². The Bertz CT molecular complexity index is 159. The molecule has 0 aliphatic rings. The third-order valence-corrected chi connectivity index (χ3v) is 0.387. The third kappa shape index (κ3) is 4.37. The fourth-order valence-corrected chi connectivity index (χ4v) is 0.200. The van der Waals surface area contributed by atoms with Gasteiger partial charge in [0.25, 0.3) is 12.0 Å². The van der Waals surface area contributed by atoms with Crippen molar-refractivity contribution in [3.05, 3.63) is 0 Å². The molecular formula is C3H6N4O3. The van der Waals surface area contributed by atoms with Crippen LogP contribution in [0.3, 0.4) is 0 Å². The summed E-state index contributed by atoms with van der Waals surface area (Å²) < 4.78 is 7.68. The van der Waals surface area contributed by atoms with Crippen LogP contribution in [0.25, 0.3) is 0 Å². The third-order valence-electron chi connectivity index (χ3n) is 0.387. The summed E-state index contributed by atoms with van der Waals surface area (Å²) in [5.74, 6) is 0. The Morgan fingerprint density at radius 1 is 1.10 bits per heavy atom. The van der Waals surface area contributed by atoms with Crippen LogP contribution in [0.1, 0.15) is 0 Å². The Hall–Kier alpha value is -1.79. The number of nitrogens with one attached hydrogen (secondary N) is 2. The monoisotopic (exact) mass is 146 g/mol. The largest absolute Gasteiger partial charge is 0.524 e. The van der Waals surface area contributed by atoms with Gasteiger partial charge in [-0.1, -0.05) is 0 Å². The summed E-state index contributed by atoms with van der Waals surface area (Å²) in [5.41, 5.74) is 9.24. The molecule has 0 aromatic heterocycles. The predicted octanol–water partition coefficient (Wildman–Crippen LogP) is -1.07. The van der Waals surface area contributed by atoms with Crippen LogP contribution in [-0.4, -0.2) is 18.2 Å². The highest BCUT2D eigenvalue weighted by atomic mass is 16.7. The van der Waals surface area contributed by atoms with E-state index in [1.807, 2.05) is 0 Å². The number of rotatable bonds is 0. The number of ether oxygens (including phenoxy) is 2. The maximum atomic E-state index is 10.2. The van der Waals surface area contributed by atoms with E-state index < -0.39 is 18.2 Å². The molecule has 0 aromatic carbocycles. The molecule has 0 saturated carbocycles. The lowest BCUT2D eigenvalue weighted by Gasteiger charge is -1.98. The van der Waals surface area contributed by atoms with Gasteiger partial charge in [-0.3, -0.25) is 10.8 Å². The van der Waals surface area contributed by atoms with Gasteiger partial charge in [0.2, 0.25) is 0 Å². The van der Waals surface area contributed by atoms with Gasteiger partial charge in [0.15, 0.2) is 0 Å². The molecule has 0 aliphatic heterocycles. The Kier molecular flexibility index (Phi) is 2.69. The highest BCUT2D eigenvalue weighted by molar-refractivity contribution is 5.87. The Morgan fingerprint density at radius 3 is 1.60 bits per heavy atom. The lowest BCUT2D eigenvalue weighted by Crippen LogP contribution is -2.25. The van der Waals surface area contributed by atoms with Crippen LogP contribution in [0.5, 0.6) is 0 Å². The van der Waals surface area contributed by atoms with Gasteiger partial charge >= 0.3 is 6.16 Å². The summed E-state index contributed by atoms with van der Waals surface area (Å²) in [5, 5.41) is 12.8. The van der Waals surface area contributed by atoms with E-state index >= 15 is 0 Å². The minimum atomic E-state index is -1.29. The topological polar surface area (TPSA) is 135 Å². The van der Waals surface area contributed by atoms with Gasteiger partial charge in [0.05, 0.1) is 0 Å². The van der Waals surface area contributed by atoms with Crippen molar-refractivity contribution < 1.29 is 14.3 Å². The number of carbonyl (C=O) groups is 1. The van der Waals surface area contributed by atoms with Gasteiger partial charge in [0.1, 0.15) is 0 Å².